The van der Waals surface area contributed by atoms with Crippen molar-refractivity contribution in [2.75, 3.05) is 6.61 Å². The number of amides is 2. The maximum Gasteiger partial charge on any atom is 0.417 e. The third-order valence-electron chi connectivity index (χ3n) is 4.23. The van der Waals surface area contributed by atoms with Gasteiger partial charge in [0.25, 0.3) is 0 Å². The monoisotopic (exact) mass is 387 g/mol. The van der Waals surface area contributed by atoms with E-state index in [1.807, 2.05) is 61.5 Å². The van der Waals surface area contributed by atoms with Crippen LogP contribution in [0.25, 0.3) is 0 Å². The zero-order valence-electron chi connectivity index (χ0n) is 13.3. The van der Waals surface area contributed by atoms with Crippen molar-refractivity contribution in [3.63, 3.8) is 0 Å². The first kappa shape index (κ1) is 16.7. The van der Waals surface area contributed by atoms with Crippen LogP contribution in [0.5, 0.6) is 0 Å². The lowest BCUT2D eigenvalue weighted by molar-refractivity contribution is -0.130. The van der Waals surface area contributed by atoms with Gasteiger partial charge in [-0.15, -0.1) is 0 Å². The molecule has 0 radical (unpaired) electrons. The van der Waals surface area contributed by atoms with Crippen LogP contribution in [0.3, 0.4) is 0 Å². The minimum Gasteiger partial charge on any atom is -0.447 e. The zero-order valence-corrected chi connectivity index (χ0v) is 14.9. The number of cyclic esters (lactones) is 1. The number of imide groups is 1. The first-order valence-electron chi connectivity index (χ1n) is 7.85. The van der Waals surface area contributed by atoms with E-state index in [4.69, 9.17) is 4.74 Å². The van der Waals surface area contributed by atoms with E-state index in [-0.39, 0.29) is 18.6 Å². The Morgan fingerprint density at radius 3 is 2.71 bits per heavy atom. The SMILES string of the molecule is C[C@H](C(=O)N1C(=O)OCC1Cc1ccccc1)c1cccc(Br)c1. The minimum atomic E-state index is -0.553. The molecule has 1 fully saturated rings. The number of nitrogens with zero attached hydrogens (tertiary/aromatic N) is 1. The van der Waals surface area contributed by atoms with Crippen LogP contribution in [0.15, 0.2) is 59.1 Å². The topological polar surface area (TPSA) is 46.6 Å². The first-order valence-corrected chi connectivity index (χ1v) is 8.65. The molecule has 1 aliphatic rings. The standard InChI is InChI=1S/C19H18BrNO3/c1-13(15-8-5-9-16(20)11-15)18(22)21-17(12-24-19(21)23)10-14-6-3-2-4-7-14/h2-9,11,13,17H,10,12H2,1H3/t13-,17?/m0/s1. The summed E-state index contributed by atoms with van der Waals surface area (Å²) in [6.07, 6.45) is 0.0477. The molecule has 0 N–H and O–H groups in total. The Hall–Kier alpha value is -2.14. The third kappa shape index (κ3) is 3.51. The number of hydrogen-bond acceptors (Lipinski definition) is 3. The largest absolute Gasteiger partial charge is 0.447 e. The molecule has 1 unspecified atom stereocenters. The summed E-state index contributed by atoms with van der Waals surface area (Å²) >= 11 is 3.41. The predicted molar refractivity (Wildman–Crippen MR) is 94.7 cm³/mol. The Morgan fingerprint density at radius 1 is 1.25 bits per heavy atom. The molecule has 0 spiro atoms. The number of halogens is 1. The highest BCUT2D eigenvalue weighted by Crippen LogP contribution is 2.26. The van der Waals surface area contributed by atoms with Crippen LogP contribution in [-0.4, -0.2) is 29.5 Å². The van der Waals surface area contributed by atoms with Crippen LogP contribution in [0.2, 0.25) is 0 Å². The molecule has 0 aromatic heterocycles. The van der Waals surface area contributed by atoms with Gasteiger partial charge in [-0.05, 0) is 36.6 Å². The van der Waals surface area contributed by atoms with E-state index in [9.17, 15) is 9.59 Å². The summed E-state index contributed by atoms with van der Waals surface area (Å²) in [6.45, 7) is 2.06. The summed E-state index contributed by atoms with van der Waals surface area (Å²) in [5.41, 5.74) is 1.95. The highest BCUT2D eigenvalue weighted by Gasteiger charge is 2.39. The number of ether oxygens (including phenoxy) is 1. The second kappa shape index (κ2) is 7.18. The van der Waals surface area contributed by atoms with Crippen molar-refractivity contribution in [1.82, 2.24) is 4.90 Å². The number of hydrogen-bond donors (Lipinski definition) is 0. The van der Waals surface area contributed by atoms with Gasteiger partial charge in [0.15, 0.2) is 0 Å². The first-order chi connectivity index (χ1) is 11.6. The van der Waals surface area contributed by atoms with Crippen molar-refractivity contribution in [2.45, 2.75) is 25.3 Å². The van der Waals surface area contributed by atoms with E-state index < -0.39 is 12.0 Å². The summed E-state index contributed by atoms with van der Waals surface area (Å²) in [7, 11) is 0. The van der Waals surface area contributed by atoms with Crippen LogP contribution in [0, 0.1) is 0 Å². The average Bonchev–Trinajstić information content (AvgIpc) is 2.95. The van der Waals surface area contributed by atoms with Crippen molar-refractivity contribution in [3.05, 3.63) is 70.2 Å². The maximum atomic E-state index is 12.9. The predicted octanol–water partition coefficient (Wildman–Crippen LogP) is 4.14. The van der Waals surface area contributed by atoms with Gasteiger partial charge in [-0.1, -0.05) is 58.4 Å². The highest BCUT2D eigenvalue weighted by atomic mass is 79.9. The Balaban J connectivity index is 1.79. The van der Waals surface area contributed by atoms with Gasteiger partial charge in [0.2, 0.25) is 5.91 Å². The average molecular weight is 388 g/mol. The molecule has 4 nitrogen and oxygen atoms in total. The van der Waals surface area contributed by atoms with Crippen LogP contribution >= 0.6 is 15.9 Å². The molecule has 0 bridgehead atoms. The van der Waals surface area contributed by atoms with Crippen molar-refractivity contribution < 1.29 is 14.3 Å². The molecule has 1 saturated heterocycles. The molecule has 2 aromatic carbocycles. The van der Waals surface area contributed by atoms with Crippen LogP contribution in [0.1, 0.15) is 24.0 Å². The summed E-state index contributed by atoms with van der Waals surface area (Å²) in [4.78, 5) is 26.2. The molecule has 0 saturated carbocycles. The fourth-order valence-electron chi connectivity index (χ4n) is 2.89. The molecule has 0 aliphatic carbocycles. The fraction of sp³-hybridized carbons (Fsp3) is 0.263. The second-order valence-electron chi connectivity index (χ2n) is 5.91. The van der Waals surface area contributed by atoms with Gasteiger partial charge in [0, 0.05) is 4.47 Å². The lowest BCUT2D eigenvalue weighted by Gasteiger charge is -2.23. The van der Waals surface area contributed by atoms with Gasteiger partial charge >= 0.3 is 6.09 Å². The Kier molecular flexibility index (Phi) is 5.00. The van der Waals surface area contributed by atoms with E-state index in [0.29, 0.717) is 6.42 Å². The molecule has 1 heterocycles. The number of benzene rings is 2. The zero-order chi connectivity index (χ0) is 17.1. The quantitative estimate of drug-likeness (QED) is 0.791. The number of carbonyl (C=O) groups is 2. The van der Waals surface area contributed by atoms with Crippen molar-refractivity contribution in [1.29, 1.82) is 0 Å². The summed E-state index contributed by atoms with van der Waals surface area (Å²) < 4.78 is 6.05. The minimum absolute atomic E-state index is 0.225. The summed E-state index contributed by atoms with van der Waals surface area (Å²) in [5.74, 6) is -0.636. The number of carbonyl (C=O) groups excluding carboxylic acids is 2. The molecule has 5 heteroatoms. The maximum absolute atomic E-state index is 12.9. The van der Waals surface area contributed by atoms with E-state index in [0.717, 1.165) is 15.6 Å². The van der Waals surface area contributed by atoms with Crippen LogP contribution < -0.4 is 0 Å². The van der Waals surface area contributed by atoms with Crippen LogP contribution in [0.4, 0.5) is 4.79 Å². The normalized spacial score (nSPS) is 18.3. The molecule has 24 heavy (non-hydrogen) atoms. The lowest BCUT2D eigenvalue weighted by Crippen LogP contribution is -2.42. The van der Waals surface area contributed by atoms with Crippen molar-refractivity contribution >= 4 is 27.9 Å². The Morgan fingerprint density at radius 2 is 2.00 bits per heavy atom. The van der Waals surface area contributed by atoms with Gasteiger partial charge in [-0.2, -0.15) is 0 Å². The molecular weight excluding hydrogens is 370 g/mol. The number of rotatable bonds is 4. The van der Waals surface area contributed by atoms with Crippen molar-refractivity contribution in [3.8, 4) is 0 Å². The molecule has 1 aliphatic heterocycles. The fourth-order valence-corrected chi connectivity index (χ4v) is 3.31. The smallest absolute Gasteiger partial charge is 0.417 e. The molecular formula is C19H18BrNO3. The molecule has 2 aromatic rings. The van der Waals surface area contributed by atoms with Crippen LogP contribution in [-0.2, 0) is 16.0 Å². The van der Waals surface area contributed by atoms with E-state index >= 15 is 0 Å². The molecule has 2 atom stereocenters. The highest BCUT2D eigenvalue weighted by molar-refractivity contribution is 9.10. The molecule has 3 rings (SSSR count). The Labute approximate surface area is 149 Å². The summed E-state index contributed by atoms with van der Waals surface area (Å²) in [6, 6.07) is 17.1. The third-order valence-corrected chi connectivity index (χ3v) is 4.72. The van der Waals surface area contributed by atoms with Gasteiger partial charge in [0.1, 0.15) is 6.61 Å². The summed E-state index contributed by atoms with van der Waals surface area (Å²) in [5, 5.41) is 0. The van der Waals surface area contributed by atoms with E-state index in [1.165, 1.54) is 4.90 Å². The van der Waals surface area contributed by atoms with Gasteiger partial charge in [-0.25, -0.2) is 9.69 Å². The van der Waals surface area contributed by atoms with E-state index in [2.05, 4.69) is 15.9 Å². The molecule has 124 valence electrons. The second-order valence-corrected chi connectivity index (χ2v) is 6.82. The van der Waals surface area contributed by atoms with Gasteiger partial charge in [0.05, 0.1) is 12.0 Å². The van der Waals surface area contributed by atoms with Gasteiger partial charge in [-0.3, -0.25) is 4.79 Å². The molecule has 2 amide bonds. The lowest BCUT2D eigenvalue weighted by atomic mass is 9.98. The Bertz CT molecular complexity index is 747. The van der Waals surface area contributed by atoms with Gasteiger partial charge < -0.3 is 4.74 Å². The van der Waals surface area contributed by atoms with Crippen molar-refractivity contribution in [2.24, 2.45) is 0 Å². The van der Waals surface area contributed by atoms with E-state index in [1.54, 1.807) is 0 Å².